The third kappa shape index (κ3) is 4.39. The van der Waals surface area contributed by atoms with Crippen molar-refractivity contribution in [1.82, 2.24) is 29.9 Å². The topological polar surface area (TPSA) is 117 Å². The molecule has 0 radical (unpaired) electrons. The summed E-state index contributed by atoms with van der Waals surface area (Å²) >= 11 is 1.58. The van der Waals surface area contributed by atoms with Gasteiger partial charge in [0.15, 0.2) is 5.82 Å². The fourth-order valence-electron chi connectivity index (χ4n) is 4.54. The lowest BCUT2D eigenvalue weighted by Crippen LogP contribution is -2.52. The van der Waals surface area contributed by atoms with Crippen molar-refractivity contribution in [1.29, 1.82) is 5.26 Å². The van der Waals surface area contributed by atoms with Gasteiger partial charge in [0.2, 0.25) is 5.95 Å². The average Bonchev–Trinajstić information content (AvgIpc) is 3.53. The molecule has 5 rings (SSSR count). The molecule has 1 unspecified atom stereocenters. The van der Waals surface area contributed by atoms with Crippen LogP contribution in [0.4, 0.5) is 15.1 Å². The average molecular weight is 509 g/mol. The Morgan fingerprint density at radius 1 is 1.19 bits per heavy atom. The highest BCUT2D eigenvalue weighted by atomic mass is 32.1. The van der Waals surface area contributed by atoms with E-state index < -0.39 is 5.82 Å². The maximum absolute atomic E-state index is 14.8. The molecule has 0 aliphatic carbocycles. The number of hydrazone groups is 2. The lowest BCUT2D eigenvalue weighted by molar-refractivity contribution is 0.139. The number of nitrogens with zero attached hydrogens (tertiary/aromatic N) is 10. The van der Waals surface area contributed by atoms with Crippen molar-refractivity contribution >= 4 is 40.9 Å². The lowest BCUT2D eigenvalue weighted by atomic mass is 10.0. The van der Waals surface area contributed by atoms with Crippen LogP contribution < -0.4 is 4.90 Å². The molecule has 13 heteroatoms. The monoisotopic (exact) mass is 508 g/mol. The summed E-state index contributed by atoms with van der Waals surface area (Å²) in [4.78, 5) is 31.2. The van der Waals surface area contributed by atoms with Gasteiger partial charge in [0.1, 0.15) is 28.5 Å². The molecule has 0 saturated carbocycles. The zero-order chi connectivity index (χ0) is 25.4. The maximum atomic E-state index is 14.8. The van der Waals surface area contributed by atoms with Gasteiger partial charge >= 0.3 is 6.03 Å². The van der Waals surface area contributed by atoms with Crippen LogP contribution in [0.2, 0.25) is 0 Å². The molecule has 11 nitrogen and oxygen atoms in total. The van der Waals surface area contributed by atoms with Crippen LogP contribution in [0.1, 0.15) is 41.4 Å². The zero-order valence-corrected chi connectivity index (χ0v) is 21.0. The smallest absolute Gasteiger partial charge is 0.337 e. The summed E-state index contributed by atoms with van der Waals surface area (Å²) in [5.74, 6) is -0.169. The summed E-state index contributed by atoms with van der Waals surface area (Å²) in [6, 6.07) is 1.72. The third-order valence-electron chi connectivity index (χ3n) is 6.30. The Bertz CT molecular complexity index is 1320. The van der Waals surface area contributed by atoms with E-state index in [0.29, 0.717) is 56.4 Å². The lowest BCUT2D eigenvalue weighted by Gasteiger charge is -2.37. The number of allylic oxidation sites excluding steroid dienone is 1. The molecular formula is C23H25FN10OS. The molecule has 5 heterocycles. The van der Waals surface area contributed by atoms with Gasteiger partial charge in [-0.25, -0.2) is 29.1 Å². The predicted octanol–water partition coefficient (Wildman–Crippen LogP) is 3.00. The van der Waals surface area contributed by atoms with Gasteiger partial charge in [-0.3, -0.25) is 5.01 Å². The molecule has 0 aromatic carbocycles. The van der Waals surface area contributed by atoms with Crippen LogP contribution in [0.3, 0.4) is 0 Å². The molecular weight excluding hydrogens is 483 g/mol. The number of aromatic nitrogens is 3. The largest absolute Gasteiger partial charge is 0.341 e. The minimum Gasteiger partial charge on any atom is -0.337 e. The van der Waals surface area contributed by atoms with Crippen LogP contribution in [-0.2, 0) is 0 Å². The van der Waals surface area contributed by atoms with Crippen LogP contribution in [0.15, 0.2) is 28.2 Å². The van der Waals surface area contributed by atoms with Crippen molar-refractivity contribution in [3.05, 3.63) is 39.4 Å². The summed E-state index contributed by atoms with van der Waals surface area (Å²) in [6.45, 7) is 5.75. The molecule has 0 spiro atoms. The minimum atomic E-state index is -0.556. The van der Waals surface area contributed by atoms with Crippen LogP contribution in [0.5, 0.6) is 0 Å². The summed E-state index contributed by atoms with van der Waals surface area (Å²) in [7, 11) is 1.67. The molecule has 1 saturated heterocycles. The second-order valence-corrected chi connectivity index (χ2v) is 10.1. The molecule has 186 valence electrons. The molecule has 0 N–H and O–H groups in total. The highest BCUT2D eigenvalue weighted by Crippen LogP contribution is 2.32. The standard InChI is InChI=1S/C23H25FN10OS/c1-14-10-16(11-25)30-31(3)20(14)19-17(24)13-27-22(29-19)32-6-8-33(9-7-32)23(35)34-18(4-5-28-34)21-26-12-15(2)36-21/h5,12-13,18H,4,6-10H2,1-3H3. The number of urea groups is 1. The van der Waals surface area contributed by atoms with E-state index >= 15 is 0 Å². The first-order valence-corrected chi connectivity index (χ1v) is 12.4. The minimum absolute atomic E-state index is 0.146. The second-order valence-electron chi connectivity index (χ2n) is 8.81. The first-order valence-electron chi connectivity index (χ1n) is 11.6. The molecule has 2 aromatic rings. The third-order valence-corrected chi connectivity index (χ3v) is 7.31. The Morgan fingerprint density at radius 2 is 1.97 bits per heavy atom. The molecule has 3 aliphatic rings. The van der Waals surface area contributed by atoms with E-state index in [9.17, 15) is 14.4 Å². The fourth-order valence-corrected chi connectivity index (χ4v) is 5.42. The number of carbonyl (C=O) groups excluding carboxylic acids is 1. The predicted molar refractivity (Wildman–Crippen MR) is 134 cm³/mol. The number of rotatable bonds is 3. The maximum Gasteiger partial charge on any atom is 0.341 e. The number of aryl methyl sites for hydroxylation is 1. The van der Waals surface area contributed by atoms with Crippen molar-refractivity contribution in [2.75, 3.05) is 38.1 Å². The highest BCUT2D eigenvalue weighted by molar-refractivity contribution is 7.11. The number of hydrogen-bond acceptors (Lipinski definition) is 10. The molecule has 1 atom stereocenters. The van der Waals surface area contributed by atoms with Gasteiger partial charge in [0, 0.05) is 63.4 Å². The van der Waals surface area contributed by atoms with E-state index in [4.69, 9.17) is 0 Å². The summed E-state index contributed by atoms with van der Waals surface area (Å²) in [6.07, 6.45) is 5.72. The van der Waals surface area contributed by atoms with Gasteiger partial charge in [-0.1, -0.05) is 0 Å². The van der Waals surface area contributed by atoms with E-state index in [-0.39, 0.29) is 17.8 Å². The number of hydrogen-bond donors (Lipinski definition) is 0. The number of thiazole rings is 1. The molecule has 1 fully saturated rings. The number of nitriles is 1. The van der Waals surface area contributed by atoms with Crippen LogP contribution in [0, 0.1) is 24.1 Å². The zero-order valence-electron chi connectivity index (χ0n) is 20.2. The Labute approximate surface area is 211 Å². The number of amides is 2. The molecule has 2 aromatic heterocycles. The summed E-state index contributed by atoms with van der Waals surface area (Å²) < 4.78 is 14.8. The number of halogens is 1. The molecule has 3 aliphatic heterocycles. The van der Waals surface area contributed by atoms with Gasteiger partial charge in [-0.05, 0) is 19.4 Å². The van der Waals surface area contributed by atoms with Crippen molar-refractivity contribution in [3.8, 4) is 6.07 Å². The van der Waals surface area contributed by atoms with Crippen molar-refractivity contribution in [2.45, 2.75) is 32.7 Å². The molecule has 36 heavy (non-hydrogen) atoms. The Hall–Kier alpha value is -3.92. The summed E-state index contributed by atoms with van der Waals surface area (Å²) in [5, 5.41) is 21.6. The van der Waals surface area contributed by atoms with E-state index in [1.807, 2.05) is 24.9 Å². The second kappa shape index (κ2) is 9.62. The fraction of sp³-hybridized carbons (Fsp3) is 0.435. The quantitative estimate of drug-likeness (QED) is 0.626. The van der Waals surface area contributed by atoms with Gasteiger partial charge in [-0.2, -0.15) is 15.5 Å². The Kier molecular flexibility index (Phi) is 6.36. The van der Waals surface area contributed by atoms with Crippen LogP contribution in [-0.4, -0.2) is 81.1 Å². The van der Waals surface area contributed by atoms with Gasteiger partial charge in [0.25, 0.3) is 0 Å². The van der Waals surface area contributed by atoms with E-state index in [1.165, 1.54) is 10.0 Å². The van der Waals surface area contributed by atoms with E-state index in [0.717, 1.165) is 21.7 Å². The number of carbonyl (C=O) groups is 1. The Morgan fingerprint density at radius 3 is 2.64 bits per heavy atom. The van der Waals surface area contributed by atoms with Gasteiger partial charge < -0.3 is 9.80 Å². The SMILES string of the molecule is CC1=C(c2nc(N3CCN(C(=O)N4N=CCC4c4ncc(C)s4)CC3)ncc2F)N(C)N=C(C#N)C1. The van der Waals surface area contributed by atoms with Gasteiger partial charge in [-0.15, -0.1) is 11.3 Å². The van der Waals surface area contributed by atoms with Crippen molar-refractivity contribution in [2.24, 2.45) is 10.2 Å². The number of piperazine rings is 1. The molecule has 2 amide bonds. The first kappa shape index (κ1) is 23.8. The van der Waals surface area contributed by atoms with E-state index in [2.05, 4.69) is 31.2 Å². The number of anilines is 1. The van der Waals surface area contributed by atoms with Crippen LogP contribution >= 0.6 is 11.3 Å². The first-order chi connectivity index (χ1) is 17.4. The normalized spacial score (nSPS) is 20.2. The van der Waals surface area contributed by atoms with Gasteiger partial charge in [0.05, 0.1) is 11.9 Å². The van der Waals surface area contributed by atoms with Crippen molar-refractivity contribution < 1.29 is 9.18 Å². The van der Waals surface area contributed by atoms with Crippen molar-refractivity contribution in [3.63, 3.8) is 0 Å². The molecule has 0 bridgehead atoms. The Balaban J connectivity index is 1.28. The summed E-state index contributed by atoms with van der Waals surface area (Å²) in [5.41, 5.74) is 1.84. The highest BCUT2D eigenvalue weighted by Gasteiger charge is 2.35. The van der Waals surface area contributed by atoms with Crippen LogP contribution in [0.25, 0.3) is 5.70 Å². The van der Waals surface area contributed by atoms with E-state index in [1.54, 1.807) is 29.5 Å².